The van der Waals surface area contributed by atoms with Gasteiger partial charge in [-0.15, -0.1) is 0 Å². The molecule has 1 N–H and O–H groups in total. The largest absolute Gasteiger partial charge is 0.496 e. The molecule has 90 valence electrons. The van der Waals surface area contributed by atoms with Crippen LogP contribution in [0.5, 0.6) is 17.2 Å². The first-order valence-electron chi connectivity index (χ1n) is 5.22. The Kier molecular flexibility index (Phi) is 4.92. The van der Waals surface area contributed by atoms with Crippen molar-refractivity contribution in [3.05, 3.63) is 18.2 Å². The molecule has 0 saturated carbocycles. The minimum Gasteiger partial charge on any atom is -0.496 e. The number of hydrogen-bond acceptors (Lipinski definition) is 4. The lowest BCUT2D eigenvalue weighted by Gasteiger charge is -2.13. The van der Waals surface area contributed by atoms with Gasteiger partial charge < -0.3 is 19.5 Å². The predicted molar refractivity (Wildman–Crippen MR) is 63.6 cm³/mol. The fraction of sp³-hybridized carbons (Fsp3) is 0.500. The number of hydrogen-bond donors (Lipinski definition) is 1. The number of methoxy groups -OCH3 is 2. The highest BCUT2D eigenvalue weighted by atomic mass is 16.5. The van der Waals surface area contributed by atoms with E-state index in [0.29, 0.717) is 12.6 Å². The van der Waals surface area contributed by atoms with Crippen LogP contribution >= 0.6 is 0 Å². The summed E-state index contributed by atoms with van der Waals surface area (Å²) in [6, 6.07) is 5.79. The Morgan fingerprint density at radius 2 is 1.56 bits per heavy atom. The van der Waals surface area contributed by atoms with Gasteiger partial charge in [-0.1, -0.05) is 0 Å². The number of rotatable bonds is 6. The molecule has 0 radical (unpaired) electrons. The first-order chi connectivity index (χ1) is 7.69. The van der Waals surface area contributed by atoms with Gasteiger partial charge >= 0.3 is 0 Å². The van der Waals surface area contributed by atoms with Gasteiger partial charge in [0.1, 0.15) is 23.9 Å². The molecule has 4 nitrogen and oxygen atoms in total. The molecule has 1 unspecified atom stereocenters. The van der Waals surface area contributed by atoms with Crippen molar-refractivity contribution in [1.29, 1.82) is 0 Å². The lowest BCUT2D eigenvalue weighted by molar-refractivity contribution is 0.276. The topological polar surface area (TPSA) is 39.7 Å². The van der Waals surface area contributed by atoms with Crippen molar-refractivity contribution in [2.75, 3.05) is 27.9 Å². The van der Waals surface area contributed by atoms with Crippen LogP contribution in [0.25, 0.3) is 0 Å². The monoisotopic (exact) mass is 225 g/mol. The van der Waals surface area contributed by atoms with Gasteiger partial charge in [-0.05, 0) is 14.0 Å². The molecule has 0 aliphatic carbocycles. The first-order valence-corrected chi connectivity index (χ1v) is 5.22. The van der Waals surface area contributed by atoms with Crippen LogP contribution in [0.4, 0.5) is 0 Å². The molecule has 1 rings (SSSR count). The Hall–Kier alpha value is -1.42. The van der Waals surface area contributed by atoms with E-state index >= 15 is 0 Å². The maximum absolute atomic E-state index is 5.62. The summed E-state index contributed by atoms with van der Waals surface area (Å²) in [7, 11) is 5.14. The Morgan fingerprint density at radius 1 is 1.06 bits per heavy atom. The fourth-order valence-corrected chi connectivity index (χ4v) is 1.17. The zero-order valence-corrected chi connectivity index (χ0v) is 10.2. The zero-order valence-electron chi connectivity index (χ0n) is 10.2. The molecule has 1 aromatic rings. The van der Waals surface area contributed by atoms with Crippen molar-refractivity contribution < 1.29 is 14.2 Å². The van der Waals surface area contributed by atoms with Gasteiger partial charge in [-0.2, -0.15) is 0 Å². The summed E-state index contributed by atoms with van der Waals surface area (Å²) in [4.78, 5) is 0. The number of likely N-dealkylation sites (N-methyl/N-ethyl adjacent to an activating group) is 1. The maximum Gasteiger partial charge on any atom is 0.126 e. The van der Waals surface area contributed by atoms with E-state index in [1.165, 1.54) is 0 Å². The second-order valence-electron chi connectivity index (χ2n) is 3.55. The van der Waals surface area contributed by atoms with Crippen molar-refractivity contribution in [3.63, 3.8) is 0 Å². The van der Waals surface area contributed by atoms with E-state index in [0.717, 1.165) is 17.2 Å². The average Bonchev–Trinajstić information content (AvgIpc) is 2.35. The lowest BCUT2D eigenvalue weighted by atomic mass is 10.3. The molecular formula is C12H19NO3. The second kappa shape index (κ2) is 6.23. The summed E-state index contributed by atoms with van der Waals surface area (Å²) < 4.78 is 15.9. The highest BCUT2D eigenvalue weighted by Gasteiger charge is 2.04. The van der Waals surface area contributed by atoms with Crippen LogP contribution in [0.1, 0.15) is 6.92 Å². The number of nitrogens with one attached hydrogen (secondary N) is 1. The van der Waals surface area contributed by atoms with Crippen molar-refractivity contribution >= 4 is 0 Å². The van der Waals surface area contributed by atoms with E-state index in [9.17, 15) is 0 Å². The van der Waals surface area contributed by atoms with Crippen LogP contribution in [0.15, 0.2) is 18.2 Å². The summed E-state index contributed by atoms with van der Waals surface area (Å²) in [5.74, 6) is 2.20. The van der Waals surface area contributed by atoms with Gasteiger partial charge in [0.05, 0.1) is 14.2 Å². The van der Waals surface area contributed by atoms with Crippen molar-refractivity contribution in [2.45, 2.75) is 13.0 Å². The van der Waals surface area contributed by atoms with Gasteiger partial charge in [-0.3, -0.25) is 0 Å². The molecule has 0 heterocycles. The highest BCUT2D eigenvalue weighted by Crippen LogP contribution is 2.27. The summed E-state index contributed by atoms with van der Waals surface area (Å²) in [5.41, 5.74) is 0. The number of ether oxygens (including phenoxy) is 3. The third-order valence-electron chi connectivity index (χ3n) is 2.32. The molecule has 0 bridgehead atoms. The Bertz CT molecular complexity index is 306. The average molecular weight is 225 g/mol. The summed E-state index contributed by atoms with van der Waals surface area (Å²) >= 11 is 0. The van der Waals surface area contributed by atoms with Crippen LogP contribution in [-0.4, -0.2) is 33.9 Å². The Labute approximate surface area is 96.5 Å². The molecule has 0 aliphatic rings. The van der Waals surface area contributed by atoms with Gasteiger partial charge in [0.15, 0.2) is 0 Å². The Morgan fingerprint density at radius 3 is 2.00 bits per heavy atom. The molecule has 1 atom stereocenters. The highest BCUT2D eigenvalue weighted by molar-refractivity contribution is 5.41. The van der Waals surface area contributed by atoms with Crippen LogP contribution in [0.2, 0.25) is 0 Å². The lowest BCUT2D eigenvalue weighted by Crippen LogP contribution is -2.28. The molecule has 0 spiro atoms. The van der Waals surface area contributed by atoms with Crippen molar-refractivity contribution in [1.82, 2.24) is 5.32 Å². The standard InChI is InChI=1S/C12H19NO3/c1-9(13-2)8-16-12-6-10(14-3)5-11(7-12)15-4/h5-7,9,13H,8H2,1-4H3. The number of benzene rings is 1. The Balaban J connectivity index is 2.71. The third-order valence-corrected chi connectivity index (χ3v) is 2.32. The molecule has 0 fully saturated rings. The van der Waals surface area contributed by atoms with Gasteiger partial charge in [0.2, 0.25) is 0 Å². The van der Waals surface area contributed by atoms with Crippen molar-refractivity contribution in [3.8, 4) is 17.2 Å². The van der Waals surface area contributed by atoms with Crippen LogP contribution in [-0.2, 0) is 0 Å². The summed E-state index contributed by atoms with van der Waals surface area (Å²) in [6.07, 6.45) is 0. The normalized spacial score (nSPS) is 12.0. The quantitative estimate of drug-likeness (QED) is 0.799. The van der Waals surface area contributed by atoms with E-state index in [4.69, 9.17) is 14.2 Å². The summed E-state index contributed by atoms with van der Waals surface area (Å²) in [5, 5.41) is 3.10. The van der Waals surface area contributed by atoms with E-state index in [-0.39, 0.29) is 0 Å². The van der Waals surface area contributed by atoms with Gasteiger partial charge in [0, 0.05) is 24.2 Å². The summed E-state index contributed by atoms with van der Waals surface area (Å²) in [6.45, 7) is 2.66. The minimum absolute atomic E-state index is 0.303. The molecule has 0 amide bonds. The molecule has 0 aliphatic heterocycles. The van der Waals surface area contributed by atoms with Gasteiger partial charge in [-0.25, -0.2) is 0 Å². The maximum atomic E-state index is 5.62. The smallest absolute Gasteiger partial charge is 0.126 e. The SMILES string of the molecule is CNC(C)COc1cc(OC)cc(OC)c1. The molecule has 1 aromatic carbocycles. The molecule has 0 saturated heterocycles. The van der Waals surface area contributed by atoms with E-state index in [1.54, 1.807) is 14.2 Å². The third kappa shape index (κ3) is 3.62. The fourth-order valence-electron chi connectivity index (χ4n) is 1.17. The van der Waals surface area contributed by atoms with Crippen LogP contribution in [0.3, 0.4) is 0 Å². The minimum atomic E-state index is 0.303. The first kappa shape index (κ1) is 12.6. The molecule has 0 aromatic heterocycles. The second-order valence-corrected chi connectivity index (χ2v) is 3.55. The van der Waals surface area contributed by atoms with Gasteiger partial charge in [0.25, 0.3) is 0 Å². The molecule has 16 heavy (non-hydrogen) atoms. The van der Waals surface area contributed by atoms with Crippen molar-refractivity contribution in [2.24, 2.45) is 0 Å². The molecule has 4 heteroatoms. The zero-order chi connectivity index (χ0) is 12.0. The van der Waals surface area contributed by atoms with E-state index < -0.39 is 0 Å². The predicted octanol–water partition coefficient (Wildman–Crippen LogP) is 1.69. The van der Waals surface area contributed by atoms with Crippen LogP contribution < -0.4 is 19.5 Å². The molecular weight excluding hydrogens is 206 g/mol. The van der Waals surface area contributed by atoms with Crippen LogP contribution in [0, 0.1) is 0 Å². The van der Waals surface area contributed by atoms with E-state index in [1.807, 2.05) is 25.2 Å². The van der Waals surface area contributed by atoms with E-state index in [2.05, 4.69) is 12.2 Å².